The van der Waals surface area contributed by atoms with Crippen molar-refractivity contribution < 1.29 is 0 Å². The molecule has 4 heteroatoms. The van der Waals surface area contributed by atoms with Gasteiger partial charge in [0.05, 0.1) is 5.69 Å². The van der Waals surface area contributed by atoms with Crippen molar-refractivity contribution in [1.82, 2.24) is 14.9 Å². The number of fused-ring (bicyclic) bond motifs is 1. The first-order valence-electron chi connectivity index (χ1n) is 10.1. The molecule has 0 amide bonds. The monoisotopic (exact) mass is 387 g/mol. The molecule has 1 unspecified atom stereocenters. The Kier molecular flexibility index (Phi) is 4.75. The van der Waals surface area contributed by atoms with Crippen LogP contribution in [-0.4, -0.2) is 34.5 Å². The number of H-pyrrole nitrogens is 1. The summed E-state index contributed by atoms with van der Waals surface area (Å²) < 4.78 is 0. The summed E-state index contributed by atoms with van der Waals surface area (Å²) in [5, 5.41) is 4.65. The molecule has 1 fully saturated rings. The van der Waals surface area contributed by atoms with E-state index in [4.69, 9.17) is 4.98 Å². The van der Waals surface area contributed by atoms with Crippen molar-refractivity contribution in [2.45, 2.75) is 31.7 Å². The number of nitrogens with zero attached hydrogens (tertiary/aromatic N) is 2. The van der Waals surface area contributed by atoms with E-state index in [1.54, 1.807) is 11.3 Å². The van der Waals surface area contributed by atoms with Gasteiger partial charge < -0.3 is 9.88 Å². The summed E-state index contributed by atoms with van der Waals surface area (Å²) in [4.78, 5) is 10.9. The van der Waals surface area contributed by atoms with Gasteiger partial charge in [-0.05, 0) is 62.2 Å². The van der Waals surface area contributed by atoms with E-state index in [1.165, 1.54) is 47.0 Å². The lowest BCUT2D eigenvalue weighted by atomic mass is 10.0. The molecule has 1 N–H and O–H groups in total. The summed E-state index contributed by atoms with van der Waals surface area (Å²) >= 11 is 1.74. The number of nitrogens with one attached hydrogen (secondary N) is 1. The average molecular weight is 388 g/mol. The van der Waals surface area contributed by atoms with E-state index < -0.39 is 0 Å². The number of aromatic nitrogens is 2. The zero-order valence-electron chi connectivity index (χ0n) is 16.2. The Labute approximate surface area is 170 Å². The fraction of sp³-hybridized carbons (Fsp3) is 0.292. The van der Waals surface area contributed by atoms with Crippen LogP contribution in [0.25, 0.3) is 21.5 Å². The third kappa shape index (κ3) is 3.50. The number of rotatable bonds is 5. The van der Waals surface area contributed by atoms with Gasteiger partial charge in [-0.2, -0.15) is 0 Å². The van der Waals surface area contributed by atoms with E-state index in [0.29, 0.717) is 6.04 Å². The van der Waals surface area contributed by atoms with Gasteiger partial charge in [-0.3, -0.25) is 0 Å². The Morgan fingerprint density at radius 3 is 2.89 bits per heavy atom. The van der Waals surface area contributed by atoms with Crippen LogP contribution in [-0.2, 0) is 12.8 Å². The molecule has 28 heavy (non-hydrogen) atoms. The Bertz CT molecular complexity index is 1080. The van der Waals surface area contributed by atoms with Gasteiger partial charge in [0.2, 0.25) is 0 Å². The number of likely N-dealkylation sites (N-methyl/N-ethyl adjacent to an activating group) is 1. The first kappa shape index (κ1) is 17.7. The molecule has 0 radical (unpaired) electrons. The molecule has 0 aliphatic carbocycles. The van der Waals surface area contributed by atoms with Crippen LogP contribution in [0.4, 0.5) is 0 Å². The van der Waals surface area contributed by atoms with Gasteiger partial charge in [0.1, 0.15) is 5.01 Å². The molecule has 3 nitrogen and oxygen atoms in total. The van der Waals surface area contributed by atoms with Gasteiger partial charge in [0.15, 0.2) is 0 Å². The molecule has 0 bridgehead atoms. The first-order chi connectivity index (χ1) is 13.8. The number of benzene rings is 2. The van der Waals surface area contributed by atoms with Gasteiger partial charge in [0, 0.05) is 40.5 Å². The van der Waals surface area contributed by atoms with E-state index in [2.05, 4.69) is 77.0 Å². The third-order valence-electron chi connectivity index (χ3n) is 5.92. The molecule has 4 aromatic rings. The zero-order valence-corrected chi connectivity index (χ0v) is 17.0. The second kappa shape index (κ2) is 7.53. The van der Waals surface area contributed by atoms with Gasteiger partial charge in [-0.15, -0.1) is 11.3 Å². The van der Waals surface area contributed by atoms with Gasteiger partial charge >= 0.3 is 0 Å². The number of hydrogen-bond donors (Lipinski definition) is 1. The predicted octanol–water partition coefficient (Wildman–Crippen LogP) is 5.52. The number of thiazole rings is 1. The van der Waals surface area contributed by atoms with Crippen LogP contribution in [0.1, 0.15) is 29.7 Å². The minimum absolute atomic E-state index is 0.667. The molecule has 2 aromatic heterocycles. The summed E-state index contributed by atoms with van der Waals surface area (Å²) in [6, 6.07) is 17.9. The standard InChI is InChI=1S/C24H25N3S/c1-27-11-5-8-21(27)13-19-15-25-23-10-9-18(14-22(19)23)24-26-20(16-28-24)12-17-6-3-2-4-7-17/h2-4,6-7,9-10,14-16,21,25H,5,8,11-13H2,1H3. The zero-order chi connectivity index (χ0) is 18.9. The second-order valence-corrected chi connectivity index (χ2v) is 8.72. The third-order valence-corrected chi connectivity index (χ3v) is 6.86. The number of likely N-dealkylation sites (tertiary alicyclic amines) is 1. The Balaban J connectivity index is 1.41. The van der Waals surface area contributed by atoms with Gasteiger partial charge in [-0.25, -0.2) is 4.98 Å². The van der Waals surface area contributed by atoms with Crippen molar-refractivity contribution in [3.8, 4) is 10.6 Å². The fourth-order valence-corrected chi connectivity index (χ4v) is 5.11. The van der Waals surface area contributed by atoms with Crippen molar-refractivity contribution >= 4 is 22.2 Å². The molecule has 1 saturated heterocycles. The van der Waals surface area contributed by atoms with Crippen molar-refractivity contribution in [3.05, 3.63) is 76.9 Å². The maximum absolute atomic E-state index is 4.91. The molecule has 0 saturated carbocycles. The molecule has 0 spiro atoms. The molecule has 1 atom stereocenters. The summed E-state index contributed by atoms with van der Waals surface area (Å²) in [6.45, 7) is 1.22. The molecule has 1 aliphatic rings. The van der Waals surface area contributed by atoms with Gasteiger partial charge in [-0.1, -0.05) is 30.3 Å². The summed E-state index contributed by atoms with van der Waals surface area (Å²) in [7, 11) is 2.25. The second-order valence-electron chi connectivity index (χ2n) is 7.86. The Morgan fingerprint density at radius 1 is 1.18 bits per heavy atom. The highest BCUT2D eigenvalue weighted by Gasteiger charge is 2.22. The van der Waals surface area contributed by atoms with E-state index in [-0.39, 0.29) is 0 Å². The molecule has 5 rings (SSSR count). The smallest absolute Gasteiger partial charge is 0.123 e. The van der Waals surface area contributed by atoms with Crippen LogP contribution < -0.4 is 0 Å². The van der Waals surface area contributed by atoms with E-state index in [9.17, 15) is 0 Å². The Hall–Kier alpha value is -2.43. The summed E-state index contributed by atoms with van der Waals surface area (Å²) in [6.07, 6.45) is 6.83. The normalized spacial score (nSPS) is 17.5. The molecular weight excluding hydrogens is 362 g/mol. The fourth-order valence-electron chi connectivity index (χ4n) is 4.30. The van der Waals surface area contributed by atoms with Crippen LogP contribution in [0.5, 0.6) is 0 Å². The molecule has 142 valence electrons. The van der Waals surface area contributed by atoms with Crippen molar-refractivity contribution in [1.29, 1.82) is 0 Å². The SMILES string of the molecule is CN1CCCC1Cc1c[nH]c2ccc(-c3nc(Cc4ccccc4)cs3)cc12. The predicted molar refractivity (Wildman–Crippen MR) is 118 cm³/mol. The average Bonchev–Trinajstić information content (AvgIpc) is 3.44. The maximum Gasteiger partial charge on any atom is 0.123 e. The van der Waals surface area contributed by atoms with E-state index in [1.807, 2.05) is 0 Å². The highest BCUT2D eigenvalue weighted by Crippen LogP contribution is 2.31. The molecule has 3 heterocycles. The van der Waals surface area contributed by atoms with Gasteiger partial charge in [0.25, 0.3) is 0 Å². The van der Waals surface area contributed by atoms with Crippen LogP contribution in [0.15, 0.2) is 60.1 Å². The van der Waals surface area contributed by atoms with Crippen LogP contribution in [0, 0.1) is 0 Å². The Morgan fingerprint density at radius 2 is 2.07 bits per heavy atom. The van der Waals surface area contributed by atoms with Crippen LogP contribution in [0.3, 0.4) is 0 Å². The highest BCUT2D eigenvalue weighted by molar-refractivity contribution is 7.13. The molecular formula is C24H25N3S. The topological polar surface area (TPSA) is 31.9 Å². The lowest BCUT2D eigenvalue weighted by Crippen LogP contribution is -2.26. The maximum atomic E-state index is 4.91. The summed E-state index contributed by atoms with van der Waals surface area (Å²) in [5.74, 6) is 0. The minimum atomic E-state index is 0.667. The van der Waals surface area contributed by atoms with Crippen molar-refractivity contribution in [2.24, 2.45) is 0 Å². The van der Waals surface area contributed by atoms with Crippen molar-refractivity contribution in [2.75, 3.05) is 13.6 Å². The van der Waals surface area contributed by atoms with E-state index in [0.717, 1.165) is 23.5 Å². The number of hydrogen-bond acceptors (Lipinski definition) is 3. The van der Waals surface area contributed by atoms with Crippen LogP contribution in [0.2, 0.25) is 0 Å². The first-order valence-corrected chi connectivity index (χ1v) is 10.9. The largest absolute Gasteiger partial charge is 0.361 e. The lowest BCUT2D eigenvalue weighted by Gasteiger charge is -2.18. The van der Waals surface area contributed by atoms with Crippen molar-refractivity contribution in [3.63, 3.8) is 0 Å². The minimum Gasteiger partial charge on any atom is -0.361 e. The highest BCUT2D eigenvalue weighted by atomic mass is 32.1. The molecule has 2 aromatic carbocycles. The van der Waals surface area contributed by atoms with E-state index >= 15 is 0 Å². The quantitative estimate of drug-likeness (QED) is 0.489. The number of aromatic amines is 1. The van der Waals surface area contributed by atoms with Crippen LogP contribution >= 0.6 is 11.3 Å². The molecule has 1 aliphatic heterocycles. The lowest BCUT2D eigenvalue weighted by molar-refractivity contribution is 0.310. The summed E-state index contributed by atoms with van der Waals surface area (Å²) in [5.41, 5.74) is 6.33.